The quantitative estimate of drug-likeness (QED) is 0.263. The van der Waals surface area contributed by atoms with Gasteiger partial charge in [-0.1, -0.05) is 12.1 Å². The van der Waals surface area contributed by atoms with Crippen molar-refractivity contribution in [1.29, 1.82) is 0 Å². The molecule has 38 heavy (non-hydrogen) atoms. The maximum atomic E-state index is 15.5. The third-order valence-electron chi connectivity index (χ3n) is 6.31. The minimum atomic E-state index is -1.99. The molecule has 4 aromatic rings. The van der Waals surface area contributed by atoms with Crippen molar-refractivity contribution in [3.63, 3.8) is 0 Å². The molecule has 2 heterocycles. The highest BCUT2D eigenvalue weighted by atomic mass is 19.2. The second kappa shape index (κ2) is 7.75. The number of carbonyl (C=O) groups is 4. The Morgan fingerprint density at radius 1 is 0.447 bits per heavy atom. The number of carbonyl (C=O) groups excluding carboxylic acids is 4. The standard InChI is InChI=1S/C26H8F6N2O4/c27-9-3-1-5-11(7-9)33-23(35)15-13-14-17(21(31)19(15)29)25(37)34(12-6-2-4-10(28)8-12)26(38)18(14)22(32)20(30)16(13)24(33)36/h1-8H. The molecule has 188 valence electrons. The average Bonchev–Trinajstić information content (AvgIpc) is 2.86. The normalized spacial score (nSPS) is 14.7. The van der Waals surface area contributed by atoms with E-state index < -0.39 is 103 Å². The van der Waals surface area contributed by atoms with Crippen LogP contribution in [0.4, 0.5) is 37.7 Å². The van der Waals surface area contributed by atoms with E-state index in [0.29, 0.717) is 12.1 Å². The number of nitrogens with zero attached hydrogens (tertiary/aromatic N) is 2. The lowest BCUT2D eigenvalue weighted by atomic mass is 9.84. The Labute approximate surface area is 207 Å². The monoisotopic (exact) mass is 526 g/mol. The summed E-state index contributed by atoms with van der Waals surface area (Å²) in [5.41, 5.74) is -6.05. The van der Waals surface area contributed by atoms with E-state index >= 15 is 17.6 Å². The summed E-state index contributed by atoms with van der Waals surface area (Å²) < 4.78 is 89.4. The van der Waals surface area contributed by atoms with Crippen LogP contribution in [0.2, 0.25) is 0 Å². The number of rotatable bonds is 2. The van der Waals surface area contributed by atoms with Crippen molar-refractivity contribution in [3.05, 3.63) is 106 Å². The molecule has 0 spiro atoms. The van der Waals surface area contributed by atoms with Crippen molar-refractivity contribution >= 4 is 45.8 Å². The number of imide groups is 2. The van der Waals surface area contributed by atoms with Crippen LogP contribution in [0.5, 0.6) is 0 Å². The van der Waals surface area contributed by atoms with Crippen LogP contribution in [0.25, 0.3) is 10.8 Å². The van der Waals surface area contributed by atoms with Gasteiger partial charge in [0.2, 0.25) is 0 Å². The zero-order chi connectivity index (χ0) is 27.2. The number of anilines is 2. The molecule has 6 rings (SSSR count). The Morgan fingerprint density at radius 3 is 1.00 bits per heavy atom. The van der Waals surface area contributed by atoms with E-state index in [1.54, 1.807) is 0 Å². The van der Waals surface area contributed by atoms with Crippen molar-refractivity contribution in [2.75, 3.05) is 9.80 Å². The largest absolute Gasteiger partial charge is 0.269 e. The molecular formula is C26H8F6N2O4. The molecule has 0 aromatic heterocycles. The number of halogens is 6. The maximum Gasteiger partial charge on any atom is 0.269 e. The zero-order valence-electron chi connectivity index (χ0n) is 18.4. The average molecular weight is 526 g/mol. The van der Waals surface area contributed by atoms with E-state index in [1.807, 2.05) is 0 Å². The fourth-order valence-electron chi connectivity index (χ4n) is 4.76. The van der Waals surface area contributed by atoms with Crippen molar-refractivity contribution < 1.29 is 45.5 Å². The Balaban J connectivity index is 1.72. The van der Waals surface area contributed by atoms with Crippen molar-refractivity contribution in [2.45, 2.75) is 0 Å². The third-order valence-corrected chi connectivity index (χ3v) is 6.31. The van der Waals surface area contributed by atoms with Gasteiger partial charge in [0.1, 0.15) is 11.6 Å². The minimum Gasteiger partial charge on any atom is -0.268 e. The van der Waals surface area contributed by atoms with E-state index in [9.17, 15) is 28.0 Å². The summed E-state index contributed by atoms with van der Waals surface area (Å²) >= 11 is 0. The SMILES string of the molecule is O=C1c2c(F)c(F)c3c4c(c(F)c(F)c(c24)C(=O)N1c1cccc(F)c1)C(=O)N(c1cccc(F)c1)C3=O. The van der Waals surface area contributed by atoms with Gasteiger partial charge in [0.15, 0.2) is 23.3 Å². The third kappa shape index (κ3) is 2.85. The molecule has 0 aliphatic carbocycles. The zero-order valence-corrected chi connectivity index (χ0v) is 18.4. The van der Waals surface area contributed by atoms with Gasteiger partial charge in [-0.25, -0.2) is 36.1 Å². The van der Waals surface area contributed by atoms with Crippen LogP contribution in [-0.2, 0) is 0 Å². The molecule has 4 aromatic carbocycles. The van der Waals surface area contributed by atoms with Gasteiger partial charge in [0.05, 0.1) is 33.6 Å². The molecule has 2 aliphatic heterocycles. The molecule has 2 aliphatic rings. The lowest BCUT2D eigenvalue weighted by molar-refractivity contribution is 0.0862. The van der Waals surface area contributed by atoms with Gasteiger partial charge in [-0.2, -0.15) is 0 Å². The second-order valence-corrected chi connectivity index (χ2v) is 8.36. The summed E-state index contributed by atoms with van der Waals surface area (Å²) in [6.07, 6.45) is 0. The summed E-state index contributed by atoms with van der Waals surface area (Å²) in [6.45, 7) is 0. The summed E-state index contributed by atoms with van der Waals surface area (Å²) in [7, 11) is 0. The van der Waals surface area contributed by atoms with E-state index in [1.165, 1.54) is 0 Å². The van der Waals surface area contributed by atoms with E-state index in [2.05, 4.69) is 0 Å². The van der Waals surface area contributed by atoms with Gasteiger partial charge in [0, 0.05) is 10.8 Å². The number of hydrogen-bond acceptors (Lipinski definition) is 4. The lowest BCUT2D eigenvalue weighted by Crippen LogP contribution is -2.46. The predicted octanol–water partition coefficient (Wildman–Crippen LogP) is 5.28. The van der Waals surface area contributed by atoms with Gasteiger partial charge in [-0.05, 0) is 36.4 Å². The number of hydrogen-bond donors (Lipinski definition) is 0. The van der Waals surface area contributed by atoms with Crippen LogP contribution < -0.4 is 9.80 Å². The van der Waals surface area contributed by atoms with Crippen molar-refractivity contribution in [3.8, 4) is 0 Å². The Kier molecular flexibility index (Phi) is 4.77. The fourth-order valence-corrected chi connectivity index (χ4v) is 4.76. The first-order valence-corrected chi connectivity index (χ1v) is 10.7. The molecule has 4 amide bonds. The molecule has 0 fully saturated rings. The molecule has 0 saturated heterocycles. The van der Waals surface area contributed by atoms with Crippen LogP contribution >= 0.6 is 0 Å². The summed E-state index contributed by atoms with van der Waals surface area (Å²) in [5, 5.41) is -1.98. The Bertz CT molecular complexity index is 1620. The topological polar surface area (TPSA) is 74.8 Å². The van der Waals surface area contributed by atoms with Crippen molar-refractivity contribution in [1.82, 2.24) is 0 Å². The Hall–Kier alpha value is -5.00. The Morgan fingerprint density at radius 2 is 0.737 bits per heavy atom. The molecule has 0 atom stereocenters. The van der Waals surface area contributed by atoms with Gasteiger partial charge in [-0.3, -0.25) is 19.2 Å². The first-order chi connectivity index (χ1) is 18.0. The lowest BCUT2D eigenvalue weighted by Gasteiger charge is -2.33. The first kappa shape index (κ1) is 23.4. The highest BCUT2D eigenvalue weighted by molar-refractivity contribution is 6.42. The summed E-state index contributed by atoms with van der Waals surface area (Å²) in [4.78, 5) is 53.2. The number of benzene rings is 4. The number of amides is 4. The maximum absolute atomic E-state index is 15.5. The summed E-state index contributed by atoms with van der Waals surface area (Å²) in [5.74, 6) is -16.1. The highest BCUT2D eigenvalue weighted by Gasteiger charge is 2.48. The van der Waals surface area contributed by atoms with Gasteiger partial charge in [0.25, 0.3) is 23.6 Å². The predicted molar refractivity (Wildman–Crippen MR) is 119 cm³/mol. The van der Waals surface area contributed by atoms with E-state index in [4.69, 9.17) is 0 Å². The molecule has 6 nitrogen and oxygen atoms in total. The van der Waals surface area contributed by atoms with Crippen LogP contribution in [0.15, 0.2) is 48.5 Å². The molecule has 12 heteroatoms. The molecule has 0 bridgehead atoms. The van der Waals surface area contributed by atoms with Gasteiger partial charge in [-0.15, -0.1) is 0 Å². The van der Waals surface area contributed by atoms with Gasteiger partial charge < -0.3 is 0 Å². The fraction of sp³-hybridized carbons (Fsp3) is 0. The highest BCUT2D eigenvalue weighted by Crippen LogP contribution is 2.44. The van der Waals surface area contributed by atoms with Crippen LogP contribution in [-0.4, -0.2) is 23.6 Å². The first-order valence-electron chi connectivity index (χ1n) is 10.7. The smallest absolute Gasteiger partial charge is 0.268 e. The molecule has 0 radical (unpaired) electrons. The van der Waals surface area contributed by atoms with E-state index in [-0.39, 0.29) is 9.80 Å². The van der Waals surface area contributed by atoms with Crippen LogP contribution in [0.1, 0.15) is 41.4 Å². The van der Waals surface area contributed by atoms with E-state index in [0.717, 1.165) is 36.4 Å². The molecule has 0 unspecified atom stereocenters. The molecule has 0 N–H and O–H groups in total. The van der Waals surface area contributed by atoms with Crippen LogP contribution in [0, 0.1) is 34.9 Å². The second-order valence-electron chi connectivity index (χ2n) is 8.36. The summed E-state index contributed by atoms with van der Waals surface area (Å²) in [6, 6.07) is 7.49. The van der Waals surface area contributed by atoms with Gasteiger partial charge >= 0.3 is 0 Å². The van der Waals surface area contributed by atoms with Crippen LogP contribution in [0.3, 0.4) is 0 Å². The van der Waals surface area contributed by atoms with Crippen molar-refractivity contribution in [2.24, 2.45) is 0 Å². The molecule has 0 saturated carbocycles. The minimum absolute atomic E-state index is 0.124. The molecular weight excluding hydrogens is 518 g/mol.